The minimum Gasteiger partial charge on any atom is -0.508 e. The van der Waals surface area contributed by atoms with Crippen LogP contribution in [0.15, 0.2) is 24.3 Å². The summed E-state index contributed by atoms with van der Waals surface area (Å²) in [5, 5.41) is 29.7. The Morgan fingerprint density at radius 3 is 2.16 bits per heavy atom. The average molecular weight is 816 g/mol. The summed E-state index contributed by atoms with van der Waals surface area (Å²) in [6, 6.07) is 2.59. The number of benzene rings is 1. The number of hydrogen-bond donors (Lipinski definition) is 11. The molecule has 10 amide bonds. The van der Waals surface area contributed by atoms with Crippen LogP contribution in [-0.2, 0) is 54.4 Å². The Bertz CT molecular complexity index is 1740. The predicted octanol–water partition coefficient (Wildman–Crippen LogP) is -5.53. The number of nitrogens with two attached hydrogens (primary N) is 2. The maximum absolute atomic E-state index is 13.8. The van der Waals surface area contributed by atoms with Crippen molar-refractivity contribution in [3.05, 3.63) is 29.8 Å². The number of nitrogens with zero attached hydrogens (tertiary/aromatic N) is 1. The Hall–Kier alpha value is -6.32. The van der Waals surface area contributed by atoms with Crippen molar-refractivity contribution in [1.82, 2.24) is 47.4 Å². The molecule has 2 fully saturated rings. The molecule has 13 N–H and O–H groups in total. The third kappa shape index (κ3) is 14.3. The highest BCUT2D eigenvalue weighted by Crippen LogP contribution is 2.43. The van der Waals surface area contributed by atoms with Gasteiger partial charge in [0.2, 0.25) is 59.1 Å². The topological polar surface area (TPSA) is 342 Å². The summed E-state index contributed by atoms with van der Waals surface area (Å²) in [5.41, 5.74) is 9.29. The molecule has 1 saturated carbocycles. The van der Waals surface area contributed by atoms with E-state index >= 15 is 0 Å². The summed E-state index contributed by atoms with van der Waals surface area (Å²) in [7, 11) is 1.52. The SMILES string of the molecule is CCC(C)C1NC(=O)[C@H](Cc2ccc(O)cc2)NC(=O)CNC(=O)CC[C@@H](CN(C)CC(=O)NCC(=O)NCC(N)=O)NC(=O)C2(CC2C(N)=O)NC(=O)CNC1=O. The third-order valence-corrected chi connectivity index (χ3v) is 9.67. The summed E-state index contributed by atoms with van der Waals surface area (Å²) < 4.78 is 0. The average Bonchev–Trinajstić information content (AvgIpc) is 3.90. The molecule has 1 aliphatic heterocycles. The lowest BCUT2D eigenvalue weighted by Crippen LogP contribution is -2.59. The highest BCUT2D eigenvalue weighted by Gasteiger charge is 2.64. The lowest BCUT2D eigenvalue weighted by atomic mass is 9.97. The van der Waals surface area contributed by atoms with Gasteiger partial charge in [0, 0.05) is 25.4 Å². The van der Waals surface area contributed by atoms with E-state index in [4.69, 9.17) is 11.5 Å². The zero-order valence-corrected chi connectivity index (χ0v) is 32.6. The first-order valence-electron chi connectivity index (χ1n) is 18.7. The first-order valence-corrected chi connectivity index (χ1v) is 18.7. The first-order chi connectivity index (χ1) is 27.3. The summed E-state index contributed by atoms with van der Waals surface area (Å²) in [6.07, 6.45) is -0.116. The number of phenols is 1. The number of likely N-dealkylation sites (N-methyl/N-ethyl adjacent to an activating group) is 1. The smallest absolute Gasteiger partial charge is 0.246 e. The Morgan fingerprint density at radius 2 is 1.53 bits per heavy atom. The van der Waals surface area contributed by atoms with E-state index in [9.17, 15) is 53.1 Å². The van der Waals surface area contributed by atoms with Gasteiger partial charge in [-0.15, -0.1) is 0 Å². The second-order valence-corrected chi connectivity index (χ2v) is 14.5. The van der Waals surface area contributed by atoms with Crippen LogP contribution in [0.25, 0.3) is 0 Å². The summed E-state index contributed by atoms with van der Waals surface area (Å²) in [5.74, 6) is -9.02. The van der Waals surface area contributed by atoms with Crippen molar-refractivity contribution in [2.45, 2.75) is 69.6 Å². The molecular weight excluding hydrogens is 762 g/mol. The molecule has 4 unspecified atom stereocenters. The molecule has 318 valence electrons. The first kappa shape index (κ1) is 46.1. The molecule has 0 bridgehead atoms. The van der Waals surface area contributed by atoms with E-state index < -0.39 is 121 Å². The van der Waals surface area contributed by atoms with Crippen molar-refractivity contribution in [3.8, 4) is 5.75 Å². The fraction of sp³-hybridized carbons (Fsp3) is 0.556. The molecule has 1 aliphatic carbocycles. The van der Waals surface area contributed by atoms with E-state index in [1.165, 1.54) is 24.1 Å². The van der Waals surface area contributed by atoms with Gasteiger partial charge in [-0.1, -0.05) is 32.4 Å². The maximum atomic E-state index is 13.8. The predicted molar refractivity (Wildman–Crippen MR) is 203 cm³/mol. The molecule has 2 aliphatic rings. The zero-order chi connectivity index (χ0) is 43.2. The quantitative estimate of drug-likeness (QED) is 0.0889. The maximum Gasteiger partial charge on any atom is 0.246 e. The van der Waals surface area contributed by atoms with Gasteiger partial charge in [-0.2, -0.15) is 0 Å². The molecule has 1 saturated heterocycles. The van der Waals surface area contributed by atoms with E-state index in [1.807, 2.05) is 0 Å². The number of nitrogens with one attached hydrogen (secondary N) is 8. The molecule has 22 heteroatoms. The molecule has 58 heavy (non-hydrogen) atoms. The number of amides is 10. The molecule has 1 aromatic carbocycles. The Balaban J connectivity index is 1.85. The Labute approximate surface area is 334 Å². The molecular formula is C36H53N11O11. The number of primary amides is 2. The van der Waals surface area contributed by atoms with Gasteiger partial charge in [-0.25, -0.2) is 0 Å². The van der Waals surface area contributed by atoms with E-state index in [1.54, 1.807) is 26.0 Å². The van der Waals surface area contributed by atoms with Gasteiger partial charge < -0.3 is 59.1 Å². The van der Waals surface area contributed by atoms with Crippen LogP contribution < -0.4 is 54.0 Å². The van der Waals surface area contributed by atoms with Crippen LogP contribution >= 0.6 is 0 Å². The van der Waals surface area contributed by atoms with Crippen molar-refractivity contribution >= 4 is 59.1 Å². The highest BCUT2D eigenvalue weighted by atomic mass is 16.3. The van der Waals surface area contributed by atoms with Crippen molar-refractivity contribution < 1.29 is 53.1 Å². The van der Waals surface area contributed by atoms with Gasteiger partial charge in [0.15, 0.2) is 0 Å². The largest absolute Gasteiger partial charge is 0.508 e. The molecule has 3 rings (SSSR count). The van der Waals surface area contributed by atoms with E-state index in [-0.39, 0.29) is 44.5 Å². The third-order valence-electron chi connectivity index (χ3n) is 9.67. The van der Waals surface area contributed by atoms with Crippen LogP contribution in [-0.4, -0.2) is 139 Å². The number of carbonyl (C=O) groups is 10. The number of carbonyl (C=O) groups excluding carboxylic acids is 10. The molecule has 1 aromatic rings. The minimum atomic E-state index is -1.80. The lowest BCUT2D eigenvalue weighted by Gasteiger charge is -2.28. The standard InChI is InChI=1S/C36H53N11O11/c1-4-19(2)31-34(57)42-16-29(53)46-36(12-23(36)32(38)55)35(58)43-21(17-47(3)18-30(54)41-14-27(51)39-13-25(37)49)7-10-26(50)40-15-28(52)44-24(33(56)45-31)11-20-5-8-22(48)9-6-20/h5-6,8-9,19,21,23-24,31,48H,4,7,10-18H2,1-3H3,(H2,37,49)(H2,38,55)(H,39,51)(H,40,50)(H,41,54)(H,42,57)(H,43,58)(H,44,52)(H,45,56)(H,46,53)/t19?,21-,23?,24-,31?,36?/m0/s1. The normalized spacial score (nSPS) is 24.1. The van der Waals surface area contributed by atoms with E-state index in [0.717, 1.165) is 0 Å². The van der Waals surface area contributed by atoms with Gasteiger partial charge in [0.25, 0.3) is 0 Å². The van der Waals surface area contributed by atoms with Gasteiger partial charge in [0.1, 0.15) is 23.4 Å². The minimum absolute atomic E-state index is 0.0222. The van der Waals surface area contributed by atoms with Crippen molar-refractivity contribution in [1.29, 1.82) is 0 Å². The van der Waals surface area contributed by atoms with Gasteiger partial charge in [-0.05, 0) is 43.5 Å². The molecule has 1 heterocycles. The van der Waals surface area contributed by atoms with Crippen LogP contribution in [0.1, 0.15) is 45.1 Å². The van der Waals surface area contributed by atoms with Crippen LogP contribution in [0, 0.1) is 11.8 Å². The van der Waals surface area contributed by atoms with Gasteiger partial charge >= 0.3 is 0 Å². The Morgan fingerprint density at radius 1 is 0.879 bits per heavy atom. The number of aromatic hydroxyl groups is 1. The van der Waals surface area contributed by atoms with E-state index in [0.29, 0.717) is 12.0 Å². The monoisotopic (exact) mass is 815 g/mol. The number of phenolic OH excluding ortho intramolecular Hbond substituents is 1. The summed E-state index contributed by atoms with van der Waals surface area (Å²) in [6.45, 7) is 1.05. The zero-order valence-electron chi connectivity index (χ0n) is 32.6. The molecule has 0 aromatic heterocycles. The van der Waals surface area contributed by atoms with Crippen LogP contribution in [0.4, 0.5) is 0 Å². The van der Waals surface area contributed by atoms with Crippen LogP contribution in [0.2, 0.25) is 0 Å². The summed E-state index contributed by atoms with van der Waals surface area (Å²) in [4.78, 5) is 129. The van der Waals surface area contributed by atoms with Crippen molar-refractivity contribution in [2.24, 2.45) is 23.3 Å². The number of hydrogen-bond acceptors (Lipinski definition) is 12. The molecule has 6 atom stereocenters. The molecule has 1 spiro atoms. The van der Waals surface area contributed by atoms with Crippen LogP contribution in [0.5, 0.6) is 5.75 Å². The summed E-state index contributed by atoms with van der Waals surface area (Å²) >= 11 is 0. The van der Waals surface area contributed by atoms with E-state index in [2.05, 4.69) is 42.5 Å². The van der Waals surface area contributed by atoms with Crippen molar-refractivity contribution in [3.63, 3.8) is 0 Å². The van der Waals surface area contributed by atoms with Gasteiger partial charge in [0.05, 0.1) is 38.6 Å². The second kappa shape index (κ2) is 21.3. The second-order valence-electron chi connectivity index (χ2n) is 14.5. The van der Waals surface area contributed by atoms with Crippen molar-refractivity contribution in [2.75, 3.05) is 46.3 Å². The highest BCUT2D eigenvalue weighted by molar-refractivity contribution is 6.03. The fourth-order valence-electron chi connectivity index (χ4n) is 6.17. The fourth-order valence-corrected chi connectivity index (χ4v) is 6.17. The molecule has 22 nitrogen and oxygen atoms in total. The lowest BCUT2D eigenvalue weighted by molar-refractivity contribution is -0.135. The Kier molecular flexibility index (Phi) is 16.9. The van der Waals surface area contributed by atoms with Crippen LogP contribution in [0.3, 0.4) is 0 Å². The molecule has 0 radical (unpaired) electrons. The number of rotatable bonds is 13. The van der Waals surface area contributed by atoms with Gasteiger partial charge in [-0.3, -0.25) is 52.8 Å².